The Morgan fingerprint density at radius 2 is 1.95 bits per heavy atom. The van der Waals surface area contributed by atoms with Crippen LogP contribution in [0.15, 0.2) is 18.2 Å². The lowest BCUT2D eigenvalue weighted by atomic mass is 9.73. The summed E-state index contributed by atoms with van der Waals surface area (Å²) in [5.74, 6) is -1.40. The van der Waals surface area contributed by atoms with Gasteiger partial charge in [-0.15, -0.1) is 0 Å². The Bertz CT molecular complexity index is 467. The summed E-state index contributed by atoms with van der Waals surface area (Å²) in [6.07, 6.45) is -3.50. The summed E-state index contributed by atoms with van der Waals surface area (Å²) in [6, 6.07) is 5.58. The Hall–Kier alpha value is -1.03. The summed E-state index contributed by atoms with van der Waals surface area (Å²) in [6.45, 7) is 3.72. The summed E-state index contributed by atoms with van der Waals surface area (Å²) in [5.41, 5.74) is 1.13. The Labute approximate surface area is 111 Å². The average Bonchev–Trinajstić information content (AvgIpc) is 2.31. The number of halogens is 3. The lowest BCUT2D eigenvalue weighted by Crippen LogP contribution is -2.38. The maximum atomic E-state index is 12.9. The zero-order chi connectivity index (χ0) is 14.3. The van der Waals surface area contributed by atoms with Crippen molar-refractivity contribution in [1.82, 2.24) is 0 Å². The first-order valence-corrected chi connectivity index (χ1v) is 6.59. The predicted molar refractivity (Wildman–Crippen MR) is 67.8 cm³/mol. The molecule has 1 saturated carbocycles. The van der Waals surface area contributed by atoms with E-state index in [9.17, 15) is 18.3 Å². The fourth-order valence-corrected chi connectivity index (χ4v) is 3.01. The van der Waals surface area contributed by atoms with Crippen molar-refractivity contribution < 1.29 is 18.3 Å². The minimum atomic E-state index is -4.22. The number of aryl methyl sites for hydroxylation is 2. The van der Waals surface area contributed by atoms with Crippen LogP contribution in [-0.2, 0) is 5.60 Å². The molecule has 2 rings (SSSR count). The van der Waals surface area contributed by atoms with Crippen LogP contribution in [0.3, 0.4) is 0 Å². The fourth-order valence-electron chi connectivity index (χ4n) is 3.01. The summed E-state index contributed by atoms with van der Waals surface area (Å²) < 4.78 is 38.6. The molecule has 1 fully saturated rings. The van der Waals surface area contributed by atoms with E-state index in [1.807, 2.05) is 32.0 Å². The largest absolute Gasteiger partial charge is 0.391 e. The van der Waals surface area contributed by atoms with Gasteiger partial charge in [0.25, 0.3) is 0 Å². The molecule has 2 atom stereocenters. The molecule has 1 nitrogen and oxygen atoms in total. The fraction of sp³-hybridized carbons (Fsp3) is 0.600. The molecule has 106 valence electrons. The number of hydrogen-bond acceptors (Lipinski definition) is 1. The maximum absolute atomic E-state index is 12.9. The van der Waals surface area contributed by atoms with Gasteiger partial charge in [0.2, 0.25) is 0 Å². The van der Waals surface area contributed by atoms with Gasteiger partial charge in [0, 0.05) is 0 Å². The molecule has 0 bridgehead atoms. The van der Waals surface area contributed by atoms with Gasteiger partial charge in [-0.05, 0) is 50.7 Å². The van der Waals surface area contributed by atoms with Gasteiger partial charge >= 0.3 is 6.18 Å². The van der Waals surface area contributed by atoms with Crippen LogP contribution in [0.1, 0.15) is 42.4 Å². The van der Waals surface area contributed by atoms with E-state index in [1.165, 1.54) is 0 Å². The number of benzene rings is 1. The first-order valence-electron chi connectivity index (χ1n) is 6.59. The van der Waals surface area contributed by atoms with Crippen molar-refractivity contribution in [3.8, 4) is 0 Å². The Morgan fingerprint density at radius 1 is 1.26 bits per heavy atom. The lowest BCUT2D eigenvalue weighted by Gasteiger charge is -2.38. The van der Waals surface area contributed by atoms with Crippen LogP contribution in [0.4, 0.5) is 13.2 Å². The number of alkyl halides is 3. The van der Waals surface area contributed by atoms with Crippen molar-refractivity contribution in [2.24, 2.45) is 5.92 Å². The van der Waals surface area contributed by atoms with Crippen LogP contribution in [-0.4, -0.2) is 11.3 Å². The third kappa shape index (κ3) is 2.94. The van der Waals surface area contributed by atoms with Gasteiger partial charge in [0.05, 0.1) is 11.5 Å². The molecule has 1 aromatic rings. The minimum absolute atomic E-state index is 0.122. The molecule has 0 spiro atoms. The van der Waals surface area contributed by atoms with Gasteiger partial charge in [-0.2, -0.15) is 13.2 Å². The SMILES string of the molecule is Cc1ccc(C)c(C2(O)CCCC(C(F)(F)F)C2)c1. The van der Waals surface area contributed by atoms with Crippen molar-refractivity contribution in [2.75, 3.05) is 0 Å². The topological polar surface area (TPSA) is 20.2 Å². The third-order valence-electron chi connectivity index (χ3n) is 4.08. The van der Waals surface area contributed by atoms with Crippen molar-refractivity contribution >= 4 is 0 Å². The molecule has 1 aliphatic rings. The zero-order valence-corrected chi connectivity index (χ0v) is 11.2. The number of aliphatic hydroxyl groups is 1. The molecule has 0 saturated heterocycles. The lowest BCUT2D eigenvalue weighted by molar-refractivity contribution is -0.202. The van der Waals surface area contributed by atoms with Crippen molar-refractivity contribution in [3.63, 3.8) is 0 Å². The van der Waals surface area contributed by atoms with Gasteiger partial charge in [-0.25, -0.2) is 0 Å². The van der Waals surface area contributed by atoms with Crippen LogP contribution in [0.5, 0.6) is 0 Å². The quantitative estimate of drug-likeness (QED) is 0.810. The summed E-state index contributed by atoms with van der Waals surface area (Å²) in [4.78, 5) is 0. The van der Waals surface area contributed by atoms with Crippen LogP contribution >= 0.6 is 0 Å². The van der Waals surface area contributed by atoms with Crippen molar-refractivity contribution in [2.45, 2.75) is 51.3 Å². The van der Waals surface area contributed by atoms with Gasteiger partial charge in [-0.3, -0.25) is 0 Å². The minimum Gasteiger partial charge on any atom is -0.385 e. The summed E-state index contributed by atoms with van der Waals surface area (Å²) in [5, 5.41) is 10.7. The van der Waals surface area contributed by atoms with Crippen LogP contribution in [0.25, 0.3) is 0 Å². The van der Waals surface area contributed by atoms with Crippen LogP contribution < -0.4 is 0 Å². The first kappa shape index (κ1) is 14.4. The molecule has 19 heavy (non-hydrogen) atoms. The van der Waals surface area contributed by atoms with E-state index in [2.05, 4.69) is 0 Å². The molecule has 4 heteroatoms. The molecular weight excluding hydrogens is 253 g/mol. The van der Waals surface area contributed by atoms with Gasteiger partial charge in [0.15, 0.2) is 0 Å². The normalized spacial score (nSPS) is 28.4. The highest BCUT2D eigenvalue weighted by Crippen LogP contribution is 2.46. The second-order valence-electron chi connectivity index (χ2n) is 5.68. The monoisotopic (exact) mass is 272 g/mol. The third-order valence-corrected chi connectivity index (χ3v) is 4.08. The Balaban J connectivity index is 2.34. The molecular formula is C15H19F3O. The standard InChI is InChI=1S/C15H19F3O/c1-10-5-6-11(2)13(8-10)14(19)7-3-4-12(9-14)15(16,17)18/h5-6,8,12,19H,3-4,7,9H2,1-2H3. The van der Waals surface area contributed by atoms with Gasteiger partial charge in [-0.1, -0.05) is 23.8 Å². The van der Waals surface area contributed by atoms with Crippen molar-refractivity contribution in [3.05, 3.63) is 34.9 Å². The highest BCUT2D eigenvalue weighted by molar-refractivity contribution is 5.35. The van der Waals surface area contributed by atoms with E-state index in [4.69, 9.17) is 0 Å². The molecule has 1 N–H and O–H groups in total. The van der Waals surface area contributed by atoms with Crippen LogP contribution in [0.2, 0.25) is 0 Å². The maximum Gasteiger partial charge on any atom is 0.391 e. The molecule has 2 unspecified atom stereocenters. The molecule has 1 aliphatic carbocycles. The molecule has 0 aromatic heterocycles. The molecule has 0 amide bonds. The zero-order valence-electron chi connectivity index (χ0n) is 11.2. The first-order chi connectivity index (χ1) is 8.72. The molecule has 0 radical (unpaired) electrons. The van der Waals surface area contributed by atoms with Crippen molar-refractivity contribution in [1.29, 1.82) is 0 Å². The second-order valence-corrected chi connectivity index (χ2v) is 5.68. The number of rotatable bonds is 1. The second kappa shape index (κ2) is 4.82. The summed E-state index contributed by atoms with van der Waals surface area (Å²) >= 11 is 0. The Morgan fingerprint density at radius 3 is 2.58 bits per heavy atom. The van der Waals surface area contributed by atoms with E-state index in [0.29, 0.717) is 18.4 Å². The van der Waals surface area contributed by atoms with E-state index in [1.54, 1.807) is 0 Å². The molecule has 1 aromatic carbocycles. The Kier molecular flexibility index (Phi) is 3.65. The highest BCUT2D eigenvalue weighted by atomic mass is 19.4. The van der Waals surface area contributed by atoms with E-state index in [-0.39, 0.29) is 12.8 Å². The van der Waals surface area contributed by atoms with Gasteiger partial charge < -0.3 is 5.11 Å². The summed E-state index contributed by atoms with van der Waals surface area (Å²) in [7, 11) is 0. The number of hydrogen-bond donors (Lipinski definition) is 1. The average molecular weight is 272 g/mol. The van der Waals surface area contributed by atoms with E-state index < -0.39 is 17.7 Å². The van der Waals surface area contributed by atoms with E-state index in [0.717, 1.165) is 11.1 Å². The van der Waals surface area contributed by atoms with Crippen LogP contribution in [0, 0.1) is 19.8 Å². The van der Waals surface area contributed by atoms with E-state index >= 15 is 0 Å². The molecule has 0 heterocycles. The predicted octanol–water partition coefficient (Wildman–Crippen LogP) is 4.24. The smallest absolute Gasteiger partial charge is 0.385 e. The van der Waals surface area contributed by atoms with Gasteiger partial charge in [0.1, 0.15) is 0 Å². The highest BCUT2D eigenvalue weighted by Gasteiger charge is 2.47. The molecule has 0 aliphatic heterocycles.